The predicted molar refractivity (Wildman–Crippen MR) is 85.1 cm³/mol. The van der Waals surface area contributed by atoms with Gasteiger partial charge in [-0.05, 0) is 39.3 Å². The number of carbonyl (C=O) groups is 1. The second-order valence-corrected chi connectivity index (χ2v) is 7.11. The fraction of sp³-hybridized carbons (Fsp3) is 0.353. The molecule has 20 heavy (non-hydrogen) atoms. The maximum Gasteiger partial charge on any atom is 0.255 e. The Morgan fingerprint density at radius 2 is 1.85 bits per heavy atom. The van der Waals surface area contributed by atoms with E-state index < -0.39 is 0 Å². The first kappa shape index (κ1) is 14.8. The average molecular weight is 287 g/mol. The molecular weight excluding hydrogens is 266 g/mol. The average Bonchev–Trinajstić information content (AvgIpc) is 2.82. The molecule has 1 amide bonds. The highest BCUT2D eigenvalue weighted by atomic mass is 32.1. The van der Waals surface area contributed by atoms with Crippen molar-refractivity contribution in [3.05, 3.63) is 57.8 Å². The minimum atomic E-state index is -0.206. The quantitative estimate of drug-likeness (QED) is 0.814. The van der Waals surface area contributed by atoms with Crippen molar-refractivity contribution in [2.75, 3.05) is 0 Å². The highest BCUT2D eigenvalue weighted by Gasteiger charge is 2.27. The molecule has 0 saturated heterocycles. The predicted octanol–water partition coefficient (Wildman–Crippen LogP) is 4.50. The summed E-state index contributed by atoms with van der Waals surface area (Å²) in [5.41, 5.74) is 1.74. The lowest BCUT2D eigenvalue weighted by Crippen LogP contribution is -2.44. The van der Waals surface area contributed by atoms with Crippen molar-refractivity contribution >= 4 is 17.2 Å². The Morgan fingerprint density at radius 1 is 1.20 bits per heavy atom. The zero-order chi connectivity index (χ0) is 14.8. The van der Waals surface area contributed by atoms with Crippen LogP contribution in [0.1, 0.15) is 41.6 Å². The number of rotatable bonds is 3. The van der Waals surface area contributed by atoms with Gasteiger partial charge in [-0.15, -0.1) is 11.3 Å². The third kappa shape index (κ3) is 3.48. The Balaban J connectivity index is 2.27. The second kappa shape index (κ2) is 5.80. The van der Waals surface area contributed by atoms with E-state index in [-0.39, 0.29) is 11.4 Å². The van der Waals surface area contributed by atoms with Crippen LogP contribution in [-0.2, 0) is 6.54 Å². The summed E-state index contributed by atoms with van der Waals surface area (Å²) in [6, 6.07) is 12.1. The van der Waals surface area contributed by atoms with Gasteiger partial charge in [-0.1, -0.05) is 30.3 Å². The van der Waals surface area contributed by atoms with E-state index in [9.17, 15) is 4.79 Å². The third-order valence-corrected chi connectivity index (χ3v) is 4.08. The molecule has 0 aliphatic carbocycles. The van der Waals surface area contributed by atoms with Crippen LogP contribution in [0.15, 0.2) is 41.8 Å². The van der Waals surface area contributed by atoms with Gasteiger partial charge in [0.1, 0.15) is 0 Å². The molecule has 0 aliphatic rings. The molecule has 0 saturated carbocycles. The number of aryl methyl sites for hydroxylation is 1. The zero-order valence-electron chi connectivity index (χ0n) is 12.5. The molecule has 0 spiro atoms. The monoisotopic (exact) mass is 287 g/mol. The SMILES string of the molecule is Cc1cc(C(=O)N(Cc2ccccc2)C(C)(C)C)cs1. The Kier molecular flexibility index (Phi) is 4.29. The first-order chi connectivity index (χ1) is 9.38. The Morgan fingerprint density at radius 3 is 2.35 bits per heavy atom. The molecule has 2 rings (SSSR count). The molecule has 106 valence electrons. The number of carbonyl (C=O) groups excluding carboxylic acids is 1. The topological polar surface area (TPSA) is 20.3 Å². The van der Waals surface area contributed by atoms with E-state index in [4.69, 9.17) is 0 Å². The molecule has 1 aromatic carbocycles. The van der Waals surface area contributed by atoms with Crippen LogP contribution in [0.2, 0.25) is 0 Å². The van der Waals surface area contributed by atoms with Crippen molar-refractivity contribution in [2.24, 2.45) is 0 Å². The minimum absolute atomic E-state index is 0.103. The lowest BCUT2D eigenvalue weighted by atomic mass is 10.0. The van der Waals surface area contributed by atoms with Crippen molar-refractivity contribution in [3.63, 3.8) is 0 Å². The molecular formula is C17H21NOS. The van der Waals surface area contributed by atoms with Crippen LogP contribution in [0, 0.1) is 6.92 Å². The number of thiophene rings is 1. The van der Waals surface area contributed by atoms with E-state index in [0.717, 1.165) is 11.1 Å². The van der Waals surface area contributed by atoms with Gasteiger partial charge in [0.2, 0.25) is 0 Å². The molecule has 2 aromatic rings. The molecule has 3 heteroatoms. The summed E-state index contributed by atoms with van der Waals surface area (Å²) >= 11 is 1.62. The maximum absolute atomic E-state index is 12.7. The van der Waals surface area contributed by atoms with E-state index in [1.807, 2.05) is 41.5 Å². The van der Waals surface area contributed by atoms with Crippen LogP contribution in [0.25, 0.3) is 0 Å². The van der Waals surface area contributed by atoms with Crippen LogP contribution in [0.4, 0.5) is 0 Å². The maximum atomic E-state index is 12.7. The zero-order valence-corrected chi connectivity index (χ0v) is 13.3. The number of nitrogens with zero attached hydrogens (tertiary/aromatic N) is 1. The van der Waals surface area contributed by atoms with Crippen LogP contribution in [-0.4, -0.2) is 16.3 Å². The standard InChI is InChI=1S/C17H21NOS/c1-13-10-15(12-20-13)16(19)18(17(2,3)4)11-14-8-6-5-7-9-14/h5-10,12H,11H2,1-4H3. The van der Waals surface area contributed by atoms with Crippen molar-refractivity contribution in [3.8, 4) is 0 Å². The van der Waals surface area contributed by atoms with Gasteiger partial charge >= 0.3 is 0 Å². The lowest BCUT2D eigenvalue weighted by molar-refractivity contribution is 0.0559. The first-order valence-corrected chi connectivity index (χ1v) is 7.67. The molecule has 0 aliphatic heterocycles. The summed E-state index contributed by atoms with van der Waals surface area (Å²) in [4.78, 5) is 15.8. The largest absolute Gasteiger partial charge is 0.329 e. The van der Waals surface area contributed by atoms with Gasteiger partial charge in [0, 0.05) is 22.3 Å². The highest BCUT2D eigenvalue weighted by Crippen LogP contribution is 2.23. The number of benzene rings is 1. The van der Waals surface area contributed by atoms with Crippen LogP contribution in [0.5, 0.6) is 0 Å². The van der Waals surface area contributed by atoms with E-state index >= 15 is 0 Å². The minimum Gasteiger partial charge on any atom is -0.329 e. The van der Waals surface area contributed by atoms with Gasteiger partial charge in [0.25, 0.3) is 5.91 Å². The van der Waals surface area contributed by atoms with Crippen LogP contribution < -0.4 is 0 Å². The number of hydrogen-bond acceptors (Lipinski definition) is 2. The molecule has 0 unspecified atom stereocenters. The van der Waals surface area contributed by atoms with Gasteiger partial charge < -0.3 is 4.90 Å². The van der Waals surface area contributed by atoms with E-state index in [2.05, 4.69) is 32.9 Å². The summed E-state index contributed by atoms with van der Waals surface area (Å²) in [5, 5.41) is 1.95. The number of hydrogen-bond donors (Lipinski definition) is 0. The van der Waals surface area contributed by atoms with Crippen molar-refractivity contribution < 1.29 is 4.79 Å². The highest BCUT2D eigenvalue weighted by molar-refractivity contribution is 7.10. The van der Waals surface area contributed by atoms with Crippen LogP contribution in [0.3, 0.4) is 0 Å². The second-order valence-electron chi connectivity index (χ2n) is 5.99. The van der Waals surface area contributed by atoms with Gasteiger partial charge in [0.15, 0.2) is 0 Å². The Bertz CT molecular complexity index is 581. The van der Waals surface area contributed by atoms with Crippen molar-refractivity contribution in [2.45, 2.75) is 39.8 Å². The Hall–Kier alpha value is -1.61. The summed E-state index contributed by atoms with van der Waals surface area (Å²) in [7, 11) is 0. The summed E-state index contributed by atoms with van der Waals surface area (Å²) in [5.74, 6) is 0.103. The molecule has 0 bridgehead atoms. The van der Waals surface area contributed by atoms with Crippen LogP contribution >= 0.6 is 11.3 Å². The smallest absolute Gasteiger partial charge is 0.255 e. The molecule has 0 atom stereocenters. The molecule has 0 N–H and O–H groups in total. The van der Waals surface area contributed by atoms with Crippen molar-refractivity contribution in [1.29, 1.82) is 0 Å². The normalized spacial score (nSPS) is 11.4. The van der Waals surface area contributed by atoms with Gasteiger partial charge in [-0.25, -0.2) is 0 Å². The van der Waals surface area contributed by atoms with Gasteiger partial charge in [0.05, 0.1) is 5.56 Å². The van der Waals surface area contributed by atoms with Crippen molar-refractivity contribution in [1.82, 2.24) is 4.90 Å². The molecule has 1 heterocycles. The molecule has 2 nitrogen and oxygen atoms in total. The van der Waals surface area contributed by atoms with E-state index in [1.165, 1.54) is 4.88 Å². The summed E-state index contributed by atoms with van der Waals surface area (Å²) in [6.07, 6.45) is 0. The van der Waals surface area contributed by atoms with Gasteiger partial charge in [-0.3, -0.25) is 4.79 Å². The van der Waals surface area contributed by atoms with Gasteiger partial charge in [-0.2, -0.15) is 0 Å². The molecule has 0 fully saturated rings. The fourth-order valence-corrected chi connectivity index (χ4v) is 2.77. The third-order valence-electron chi connectivity index (χ3n) is 3.22. The number of amides is 1. The summed E-state index contributed by atoms with van der Waals surface area (Å²) < 4.78 is 0. The van der Waals surface area contributed by atoms with E-state index in [1.54, 1.807) is 11.3 Å². The Labute approximate surface area is 125 Å². The fourth-order valence-electron chi connectivity index (χ4n) is 2.09. The molecule has 1 aromatic heterocycles. The summed E-state index contributed by atoms with van der Waals surface area (Å²) in [6.45, 7) is 8.89. The lowest BCUT2D eigenvalue weighted by Gasteiger charge is -2.35. The van der Waals surface area contributed by atoms with E-state index in [0.29, 0.717) is 6.54 Å². The molecule has 0 radical (unpaired) electrons. The first-order valence-electron chi connectivity index (χ1n) is 6.79.